The van der Waals surface area contributed by atoms with Gasteiger partial charge in [0, 0.05) is 18.1 Å². The second-order valence-electron chi connectivity index (χ2n) is 4.34. The molecule has 0 saturated heterocycles. The molecule has 0 bridgehead atoms. The minimum Gasteiger partial charge on any atom is -0.316 e. The summed E-state index contributed by atoms with van der Waals surface area (Å²) in [7, 11) is -0.928. The summed E-state index contributed by atoms with van der Waals surface area (Å²) in [5, 5.41) is 3.16. The third-order valence-electron chi connectivity index (χ3n) is 2.02. The number of sulfone groups is 1. The lowest BCUT2D eigenvalue weighted by molar-refractivity contribution is 0.572. The van der Waals surface area contributed by atoms with Gasteiger partial charge in [0.1, 0.15) is 9.84 Å². The number of hydrogen-bond donors (Lipinski definition) is 1. The molecule has 1 atom stereocenters. The first-order chi connectivity index (χ1) is 6.85. The first kappa shape index (κ1) is 15.3. The molecule has 0 rings (SSSR count). The van der Waals surface area contributed by atoms with Gasteiger partial charge in [0.25, 0.3) is 0 Å². The fourth-order valence-corrected chi connectivity index (χ4v) is 3.05. The maximum absolute atomic E-state index is 11.0. The van der Waals surface area contributed by atoms with E-state index in [-0.39, 0.29) is 5.75 Å². The standard InChI is InChI=1S/C10H23NO2S2/c1-9(2)7-14-8-10(11-3)5-6-15(4,12)13/h9-11H,5-8H2,1-4H3. The van der Waals surface area contributed by atoms with Gasteiger partial charge in [-0.3, -0.25) is 0 Å². The SMILES string of the molecule is CNC(CCS(C)(=O)=O)CSCC(C)C. The molecular weight excluding hydrogens is 230 g/mol. The lowest BCUT2D eigenvalue weighted by atomic mass is 10.3. The van der Waals surface area contributed by atoms with Gasteiger partial charge in [-0.2, -0.15) is 11.8 Å². The van der Waals surface area contributed by atoms with Crippen LogP contribution in [0.25, 0.3) is 0 Å². The summed E-state index contributed by atoms with van der Waals surface area (Å²) in [6.45, 7) is 4.38. The molecule has 1 unspecified atom stereocenters. The zero-order valence-electron chi connectivity index (χ0n) is 10.1. The average molecular weight is 253 g/mol. The predicted octanol–water partition coefficient (Wildman–Crippen LogP) is 1.40. The topological polar surface area (TPSA) is 46.2 Å². The Morgan fingerprint density at radius 1 is 1.27 bits per heavy atom. The van der Waals surface area contributed by atoms with Gasteiger partial charge >= 0.3 is 0 Å². The lowest BCUT2D eigenvalue weighted by Gasteiger charge is -2.15. The fraction of sp³-hybridized carbons (Fsp3) is 1.00. The van der Waals surface area contributed by atoms with Gasteiger partial charge in [0.15, 0.2) is 0 Å². The van der Waals surface area contributed by atoms with Crippen LogP contribution in [0.2, 0.25) is 0 Å². The van der Waals surface area contributed by atoms with Crippen molar-refractivity contribution in [3.63, 3.8) is 0 Å². The molecular formula is C10H23NO2S2. The van der Waals surface area contributed by atoms with E-state index in [4.69, 9.17) is 0 Å². The third kappa shape index (κ3) is 10.5. The van der Waals surface area contributed by atoms with Crippen LogP contribution in [0, 0.1) is 5.92 Å². The van der Waals surface area contributed by atoms with Crippen LogP contribution < -0.4 is 5.32 Å². The Kier molecular flexibility index (Phi) is 7.65. The summed E-state index contributed by atoms with van der Waals surface area (Å²) in [6.07, 6.45) is 2.00. The molecule has 0 fully saturated rings. The van der Waals surface area contributed by atoms with Gasteiger partial charge < -0.3 is 5.32 Å². The van der Waals surface area contributed by atoms with Gasteiger partial charge in [-0.15, -0.1) is 0 Å². The minimum atomic E-state index is -2.82. The van der Waals surface area contributed by atoms with Crippen molar-refractivity contribution < 1.29 is 8.42 Å². The molecule has 92 valence electrons. The molecule has 0 aliphatic rings. The van der Waals surface area contributed by atoms with E-state index >= 15 is 0 Å². The van der Waals surface area contributed by atoms with Crippen LogP contribution in [0.1, 0.15) is 20.3 Å². The van der Waals surface area contributed by atoms with E-state index in [9.17, 15) is 8.42 Å². The first-order valence-electron chi connectivity index (χ1n) is 5.28. The molecule has 0 aromatic heterocycles. The van der Waals surface area contributed by atoms with Crippen molar-refractivity contribution in [1.82, 2.24) is 5.32 Å². The van der Waals surface area contributed by atoms with Crippen LogP contribution in [0.15, 0.2) is 0 Å². The van der Waals surface area contributed by atoms with E-state index in [2.05, 4.69) is 19.2 Å². The predicted molar refractivity (Wildman–Crippen MR) is 69.3 cm³/mol. The van der Waals surface area contributed by atoms with Gasteiger partial charge in [0.05, 0.1) is 5.75 Å². The van der Waals surface area contributed by atoms with Crippen LogP contribution in [-0.4, -0.2) is 45.0 Å². The highest BCUT2D eigenvalue weighted by Crippen LogP contribution is 2.10. The number of hydrogen-bond acceptors (Lipinski definition) is 4. The molecule has 1 N–H and O–H groups in total. The van der Waals surface area contributed by atoms with E-state index in [1.165, 1.54) is 6.26 Å². The monoisotopic (exact) mass is 253 g/mol. The Bertz CT molecular complexity index is 250. The number of rotatable bonds is 8. The van der Waals surface area contributed by atoms with Crippen LogP contribution >= 0.6 is 11.8 Å². The molecule has 0 radical (unpaired) electrons. The molecule has 0 aliphatic heterocycles. The zero-order chi connectivity index (χ0) is 11.9. The first-order valence-corrected chi connectivity index (χ1v) is 8.49. The van der Waals surface area contributed by atoms with Crippen molar-refractivity contribution in [3.8, 4) is 0 Å². The molecule has 5 heteroatoms. The van der Waals surface area contributed by atoms with E-state index in [1.54, 1.807) is 0 Å². The maximum atomic E-state index is 11.0. The van der Waals surface area contributed by atoms with Crippen LogP contribution in [0.4, 0.5) is 0 Å². The second-order valence-corrected chi connectivity index (χ2v) is 7.67. The highest BCUT2D eigenvalue weighted by atomic mass is 32.2. The maximum Gasteiger partial charge on any atom is 0.147 e. The molecule has 0 saturated carbocycles. The Hall–Kier alpha value is 0.260. The van der Waals surface area contributed by atoms with Gasteiger partial charge in [-0.1, -0.05) is 13.8 Å². The Morgan fingerprint density at radius 2 is 1.87 bits per heavy atom. The molecule has 0 aromatic carbocycles. The van der Waals surface area contributed by atoms with Crippen LogP contribution in [0.5, 0.6) is 0 Å². The average Bonchev–Trinajstić information content (AvgIpc) is 2.08. The normalized spacial score (nSPS) is 14.5. The summed E-state index contributed by atoms with van der Waals surface area (Å²) in [6, 6.07) is 0.309. The molecule has 0 amide bonds. The number of thioether (sulfide) groups is 1. The van der Waals surface area contributed by atoms with Gasteiger partial charge in [-0.25, -0.2) is 8.42 Å². The molecule has 15 heavy (non-hydrogen) atoms. The van der Waals surface area contributed by atoms with Crippen molar-refractivity contribution in [1.29, 1.82) is 0 Å². The van der Waals surface area contributed by atoms with Crippen molar-refractivity contribution in [2.75, 3.05) is 30.6 Å². The van der Waals surface area contributed by atoms with Gasteiger partial charge in [0.2, 0.25) is 0 Å². The quantitative estimate of drug-likeness (QED) is 0.710. The Labute approximate surface area is 98.3 Å². The summed E-state index contributed by atoms with van der Waals surface area (Å²) < 4.78 is 22.0. The second kappa shape index (κ2) is 7.52. The summed E-state index contributed by atoms with van der Waals surface area (Å²) in [5.74, 6) is 3.10. The summed E-state index contributed by atoms with van der Waals surface area (Å²) in [5.41, 5.74) is 0. The lowest BCUT2D eigenvalue weighted by Crippen LogP contribution is -2.30. The highest BCUT2D eigenvalue weighted by Gasteiger charge is 2.10. The molecule has 0 aromatic rings. The highest BCUT2D eigenvalue weighted by molar-refractivity contribution is 7.99. The van der Waals surface area contributed by atoms with E-state index in [1.807, 2.05) is 18.8 Å². The van der Waals surface area contributed by atoms with Crippen molar-refractivity contribution >= 4 is 21.6 Å². The number of nitrogens with one attached hydrogen (secondary N) is 1. The summed E-state index contributed by atoms with van der Waals surface area (Å²) >= 11 is 1.89. The van der Waals surface area contributed by atoms with E-state index in [0.29, 0.717) is 18.4 Å². The van der Waals surface area contributed by atoms with E-state index in [0.717, 1.165) is 11.5 Å². The summed E-state index contributed by atoms with van der Waals surface area (Å²) in [4.78, 5) is 0. The van der Waals surface area contributed by atoms with Crippen LogP contribution in [-0.2, 0) is 9.84 Å². The largest absolute Gasteiger partial charge is 0.316 e. The Morgan fingerprint density at radius 3 is 2.27 bits per heavy atom. The minimum absolute atomic E-state index is 0.279. The third-order valence-corrected chi connectivity index (χ3v) is 4.53. The van der Waals surface area contributed by atoms with Crippen molar-refractivity contribution in [2.24, 2.45) is 5.92 Å². The Balaban J connectivity index is 3.74. The smallest absolute Gasteiger partial charge is 0.147 e. The molecule has 0 heterocycles. The van der Waals surface area contributed by atoms with Crippen molar-refractivity contribution in [3.05, 3.63) is 0 Å². The molecule has 3 nitrogen and oxygen atoms in total. The van der Waals surface area contributed by atoms with E-state index < -0.39 is 9.84 Å². The fourth-order valence-electron chi connectivity index (χ4n) is 1.11. The molecule has 0 aliphatic carbocycles. The zero-order valence-corrected chi connectivity index (χ0v) is 11.7. The van der Waals surface area contributed by atoms with Gasteiger partial charge in [-0.05, 0) is 25.1 Å². The molecule has 0 spiro atoms. The van der Waals surface area contributed by atoms with Crippen molar-refractivity contribution in [2.45, 2.75) is 26.3 Å². The van der Waals surface area contributed by atoms with Crippen LogP contribution in [0.3, 0.4) is 0 Å².